The molecule has 12 rings (SSSR count). The van der Waals surface area contributed by atoms with E-state index >= 15 is 0 Å². The zero-order valence-electron chi connectivity index (χ0n) is 33.4. The molecule has 0 saturated heterocycles. The molecule has 6 aliphatic rings. The number of nitrogens with zero attached hydrogens (tertiary/aromatic N) is 6. The van der Waals surface area contributed by atoms with E-state index in [1.54, 1.807) is 67.9 Å². The van der Waals surface area contributed by atoms with Gasteiger partial charge >= 0.3 is 0 Å². The first kappa shape index (κ1) is 41.3. The highest BCUT2D eigenvalue weighted by Crippen LogP contribution is 2.30. The maximum Gasteiger partial charge on any atom is 0.231 e. The van der Waals surface area contributed by atoms with Crippen LogP contribution in [0.5, 0.6) is 51.7 Å². The molecule has 6 aromatic rings. The molecule has 0 fully saturated rings. The highest BCUT2D eigenvalue weighted by molar-refractivity contribution is 5.39. The number of aromatic nitrogens is 6. The molecule has 15 heteroatoms. The van der Waals surface area contributed by atoms with Gasteiger partial charge in [-0.3, -0.25) is 29.9 Å². The predicted octanol–water partition coefficient (Wildman–Crippen LogP) is 7.13. The number of aryl methyl sites for hydroxylation is 2. The van der Waals surface area contributed by atoms with Crippen LogP contribution >= 0.6 is 0 Å². The predicted molar refractivity (Wildman–Crippen MR) is 220 cm³/mol. The fourth-order valence-electron chi connectivity index (χ4n) is 6.21. The summed E-state index contributed by atoms with van der Waals surface area (Å²) in [5, 5.41) is 0. The summed E-state index contributed by atoms with van der Waals surface area (Å²) in [5.41, 5.74) is 3.73. The number of rotatable bonds is 0. The minimum atomic E-state index is 0.320. The maximum absolute atomic E-state index is 5.51. The Hall–Kier alpha value is -6.90. The Labute approximate surface area is 349 Å². The van der Waals surface area contributed by atoms with Crippen molar-refractivity contribution in [2.24, 2.45) is 0 Å². The Morgan fingerprint density at radius 3 is 1.17 bits per heavy atom. The van der Waals surface area contributed by atoms with Crippen LogP contribution in [-0.4, -0.2) is 82.9 Å². The average Bonchev–Trinajstić information content (AvgIpc) is 3.87. The number of ether oxygens (including phenoxy) is 9. The molecule has 12 heterocycles. The first-order valence-corrected chi connectivity index (χ1v) is 20.1. The molecule has 312 valence electrons. The first-order valence-electron chi connectivity index (χ1n) is 20.1. The second kappa shape index (κ2) is 22.9. The molecular formula is C45H48N6O9. The highest BCUT2D eigenvalue weighted by Gasteiger charge is 2.13. The highest BCUT2D eigenvalue weighted by atomic mass is 16.7. The lowest BCUT2D eigenvalue weighted by molar-refractivity contribution is 0.170. The van der Waals surface area contributed by atoms with Crippen LogP contribution in [0.15, 0.2) is 111 Å². The van der Waals surface area contributed by atoms with Gasteiger partial charge in [0.1, 0.15) is 30.5 Å². The van der Waals surface area contributed by atoms with Gasteiger partial charge < -0.3 is 42.6 Å². The van der Waals surface area contributed by atoms with E-state index in [-0.39, 0.29) is 0 Å². The Morgan fingerprint density at radius 2 is 0.617 bits per heavy atom. The molecule has 15 nitrogen and oxygen atoms in total. The van der Waals surface area contributed by atoms with E-state index in [2.05, 4.69) is 29.9 Å². The summed E-state index contributed by atoms with van der Waals surface area (Å²) < 4.78 is 47.4. The summed E-state index contributed by atoms with van der Waals surface area (Å²) in [5.74, 6) is 7.66. The van der Waals surface area contributed by atoms with Crippen LogP contribution in [0.3, 0.4) is 0 Å². The third-order valence-corrected chi connectivity index (χ3v) is 9.22. The maximum atomic E-state index is 5.51. The Balaban J connectivity index is 0.000000109. The van der Waals surface area contributed by atoms with E-state index in [1.807, 2.05) is 42.9 Å². The number of hydrogen-bond donors (Lipinski definition) is 0. The van der Waals surface area contributed by atoms with Gasteiger partial charge in [-0.25, -0.2) is 0 Å². The lowest BCUT2D eigenvalue weighted by atomic mass is 10.1. The summed E-state index contributed by atoms with van der Waals surface area (Å²) in [6.45, 7) is 5.57. The molecule has 0 aromatic carbocycles. The quantitative estimate of drug-likeness (QED) is 0.152. The van der Waals surface area contributed by atoms with Crippen molar-refractivity contribution in [2.75, 3.05) is 53.0 Å². The number of pyridine rings is 6. The number of fused-ring (bicyclic) bond motifs is 6. The van der Waals surface area contributed by atoms with Gasteiger partial charge in [0.05, 0.1) is 51.6 Å². The van der Waals surface area contributed by atoms with Crippen LogP contribution in [0.2, 0.25) is 0 Å². The van der Waals surface area contributed by atoms with Crippen molar-refractivity contribution in [2.45, 2.75) is 44.9 Å². The van der Waals surface area contributed by atoms with E-state index in [0.717, 1.165) is 123 Å². The van der Waals surface area contributed by atoms with Gasteiger partial charge in [0.2, 0.25) is 6.79 Å². The second-order valence-electron chi connectivity index (χ2n) is 13.4. The molecule has 0 amide bonds. The van der Waals surface area contributed by atoms with E-state index < -0.39 is 0 Å². The van der Waals surface area contributed by atoms with Gasteiger partial charge in [-0.1, -0.05) is 0 Å². The van der Waals surface area contributed by atoms with Gasteiger partial charge in [-0.05, 0) is 50.3 Å². The molecule has 0 radical (unpaired) electrons. The molecule has 0 unspecified atom stereocenters. The van der Waals surface area contributed by atoms with Crippen LogP contribution in [-0.2, 0) is 19.3 Å². The van der Waals surface area contributed by atoms with E-state index in [0.29, 0.717) is 20.0 Å². The lowest BCUT2D eigenvalue weighted by Gasteiger charge is -2.16. The van der Waals surface area contributed by atoms with E-state index in [4.69, 9.17) is 42.6 Å². The van der Waals surface area contributed by atoms with Crippen LogP contribution in [0.4, 0.5) is 0 Å². The van der Waals surface area contributed by atoms with Crippen LogP contribution < -0.4 is 42.6 Å². The van der Waals surface area contributed by atoms with Crippen molar-refractivity contribution < 1.29 is 42.6 Å². The molecule has 0 spiro atoms. The van der Waals surface area contributed by atoms with Crippen molar-refractivity contribution in [3.05, 3.63) is 127 Å². The Bertz CT molecular complexity index is 1910. The monoisotopic (exact) mass is 816 g/mol. The molecule has 6 aliphatic heterocycles. The zero-order valence-corrected chi connectivity index (χ0v) is 33.4. The smallest absolute Gasteiger partial charge is 0.231 e. The molecule has 0 saturated carbocycles. The second-order valence-corrected chi connectivity index (χ2v) is 13.4. The largest absolute Gasteiger partial charge is 0.493 e. The molecule has 6 aromatic heterocycles. The summed E-state index contributed by atoms with van der Waals surface area (Å²) in [6, 6.07) is 11.2. The Kier molecular flexibility index (Phi) is 15.7. The Morgan fingerprint density at radius 1 is 0.267 bits per heavy atom. The number of hydrogen-bond acceptors (Lipinski definition) is 15. The van der Waals surface area contributed by atoms with Crippen molar-refractivity contribution in [1.29, 1.82) is 0 Å². The SMILES string of the molecule is c1cc2c(cn1)CCCCO2.c1cc2c(cn1)CCCO2.c1cc2c(cn1)CCO2.c1cc2c(cn1)OCCCO2.c1cc2c(cn1)OCCO2.c1cc2c(cn1)OCO2. The molecule has 60 heavy (non-hydrogen) atoms. The van der Waals surface area contributed by atoms with E-state index in [9.17, 15) is 0 Å². The van der Waals surface area contributed by atoms with Crippen LogP contribution in [0.1, 0.15) is 42.4 Å². The molecule has 0 atom stereocenters. The normalized spacial score (nSPS) is 15.2. The van der Waals surface area contributed by atoms with Crippen molar-refractivity contribution >= 4 is 0 Å². The van der Waals surface area contributed by atoms with Crippen molar-refractivity contribution in [3.63, 3.8) is 0 Å². The fraction of sp³-hybridized carbons (Fsp3) is 0.333. The van der Waals surface area contributed by atoms with Gasteiger partial charge in [0, 0.05) is 104 Å². The first-order chi connectivity index (χ1) is 29.8. The summed E-state index contributed by atoms with van der Waals surface area (Å²) in [4.78, 5) is 23.7. The summed E-state index contributed by atoms with van der Waals surface area (Å²) in [6.07, 6.45) is 28.7. The molecule has 0 N–H and O–H groups in total. The summed E-state index contributed by atoms with van der Waals surface area (Å²) in [7, 11) is 0. The van der Waals surface area contributed by atoms with Crippen molar-refractivity contribution in [3.8, 4) is 51.7 Å². The average molecular weight is 817 g/mol. The van der Waals surface area contributed by atoms with Crippen molar-refractivity contribution in [1.82, 2.24) is 29.9 Å². The molecule has 0 bridgehead atoms. The minimum absolute atomic E-state index is 0.320. The fourth-order valence-corrected chi connectivity index (χ4v) is 6.21. The van der Waals surface area contributed by atoms with E-state index in [1.165, 1.54) is 23.1 Å². The van der Waals surface area contributed by atoms with Gasteiger partial charge in [-0.15, -0.1) is 0 Å². The van der Waals surface area contributed by atoms with Crippen LogP contribution in [0, 0.1) is 0 Å². The lowest BCUT2D eigenvalue weighted by Crippen LogP contribution is -2.15. The molecule has 0 aliphatic carbocycles. The molecular weight excluding hydrogens is 769 g/mol. The third kappa shape index (κ3) is 12.5. The van der Waals surface area contributed by atoms with Gasteiger partial charge in [0.25, 0.3) is 0 Å². The zero-order chi connectivity index (χ0) is 40.9. The minimum Gasteiger partial charge on any atom is -0.493 e. The van der Waals surface area contributed by atoms with Gasteiger partial charge in [0.15, 0.2) is 34.5 Å². The van der Waals surface area contributed by atoms with Crippen LogP contribution in [0.25, 0.3) is 0 Å². The third-order valence-electron chi connectivity index (χ3n) is 9.22. The summed E-state index contributed by atoms with van der Waals surface area (Å²) >= 11 is 0. The topological polar surface area (TPSA) is 160 Å². The van der Waals surface area contributed by atoms with Gasteiger partial charge in [-0.2, -0.15) is 0 Å². The standard InChI is InChI=1S/C9H11NO.C8H9NO2.C8H9NO.C7H7NO2.C7H7NO.C6H5NO2/c1-2-6-11-9-4-5-10-7-8(9)3-1;1-4-10-7-2-3-9-6-8(7)11-5-1;1-2-7-6-9-4-3-8(7)10-5-1;1-2-8-5-7-6(1)9-3-4-10-7;1-3-8-5-6-2-4-9-7(1)6;1-2-7-3-6-5(1)8-4-9-6/h4-5,7H,1-3,6H2;2-3,6H,1,4-5H2;3-4,6H,1-2,5H2;1-2,5H,3-4H2;1,3,5H,2,4H2;1-3H,4H2.